The molecule has 32 heavy (non-hydrogen) atoms. The van der Waals surface area contributed by atoms with E-state index in [0.29, 0.717) is 18.6 Å². The number of nitrogens with zero attached hydrogens (tertiary/aromatic N) is 4. The van der Waals surface area contributed by atoms with Crippen LogP contribution in [0.4, 0.5) is 0 Å². The number of fused-ring (bicyclic) bond motifs is 1. The van der Waals surface area contributed by atoms with Gasteiger partial charge in [-0.15, -0.1) is 11.3 Å². The summed E-state index contributed by atoms with van der Waals surface area (Å²) in [5, 5.41) is 9.55. The number of nitrogens with one attached hydrogen (secondary N) is 1. The lowest BCUT2D eigenvalue weighted by molar-refractivity contribution is -0.121. The van der Waals surface area contributed by atoms with Crippen LogP contribution in [0.5, 0.6) is 0 Å². The molecule has 1 unspecified atom stereocenters. The van der Waals surface area contributed by atoms with Crippen LogP contribution in [0, 0.1) is 13.8 Å². The van der Waals surface area contributed by atoms with Crippen molar-refractivity contribution in [1.82, 2.24) is 24.9 Å². The lowest BCUT2D eigenvalue weighted by Gasteiger charge is -2.19. The molecule has 7 heteroatoms. The third-order valence-electron chi connectivity index (χ3n) is 5.86. The first kappa shape index (κ1) is 22.1. The van der Waals surface area contributed by atoms with E-state index in [9.17, 15) is 4.79 Å². The van der Waals surface area contributed by atoms with Crippen molar-refractivity contribution in [3.63, 3.8) is 0 Å². The van der Waals surface area contributed by atoms with Gasteiger partial charge in [-0.1, -0.05) is 43.7 Å². The topological polar surface area (TPSA) is 72.2 Å². The molecule has 3 aromatic heterocycles. The maximum absolute atomic E-state index is 13.0. The number of hydrogen-bond donors (Lipinski definition) is 1. The lowest BCUT2D eigenvalue weighted by atomic mass is 10.0. The van der Waals surface area contributed by atoms with E-state index in [1.165, 1.54) is 24.7 Å². The third kappa shape index (κ3) is 4.88. The molecule has 166 valence electrons. The molecule has 4 rings (SSSR count). The first-order valence-electron chi connectivity index (χ1n) is 11.1. The highest BCUT2D eigenvalue weighted by molar-refractivity contribution is 7.10. The molecule has 1 amide bonds. The van der Waals surface area contributed by atoms with Gasteiger partial charge >= 0.3 is 0 Å². The Morgan fingerprint density at radius 2 is 1.97 bits per heavy atom. The molecule has 3 heterocycles. The molecule has 0 saturated heterocycles. The van der Waals surface area contributed by atoms with Crippen LogP contribution >= 0.6 is 11.3 Å². The van der Waals surface area contributed by atoms with Crippen LogP contribution in [0.3, 0.4) is 0 Å². The highest BCUT2D eigenvalue weighted by Gasteiger charge is 2.19. The predicted octanol–water partition coefficient (Wildman–Crippen LogP) is 4.98. The fourth-order valence-electron chi connectivity index (χ4n) is 4.02. The summed E-state index contributed by atoms with van der Waals surface area (Å²) in [7, 11) is 0. The highest BCUT2D eigenvalue weighted by Crippen LogP contribution is 2.27. The van der Waals surface area contributed by atoms with E-state index in [2.05, 4.69) is 63.0 Å². The van der Waals surface area contributed by atoms with Crippen molar-refractivity contribution in [2.24, 2.45) is 0 Å². The molecule has 0 aliphatic rings. The van der Waals surface area contributed by atoms with Crippen molar-refractivity contribution < 1.29 is 4.79 Å². The van der Waals surface area contributed by atoms with Crippen LogP contribution in [-0.2, 0) is 17.6 Å². The summed E-state index contributed by atoms with van der Waals surface area (Å²) in [6.07, 6.45) is 5.98. The predicted molar refractivity (Wildman–Crippen MR) is 128 cm³/mol. The van der Waals surface area contributed by atoms with E-state index < -0.39 is 0 Å². The van der Waals surface area contributed by atoms with Gasteiger partial charge in [0, 0.05) is 22.7 Å². The first-order chi connectivity index (χ1) is 15.6. The van der Waals surface area contributed by atoms with Crippen LogP contribution < -0.4 is 5.32 Å². The molecule has 4 aromatic rings. The van der Waals surface area contributed by atoms with Crippen LogP contribution in [0.15, 0.2) is 48.1 Å². The Kier molecular flexibility index (Phi) is 6.95. The zero-order valence-corrected chi connectivity index (χ0v) is 19.7. The van der Waals surface area contributed by atoms with Crippen molar-refractivity contribution in [2.75, 3.05) is 0 Å². The van der Waals surface area contributed by atoms with Gasteiger partial charge in [0.15, 0.2) is 0 Å². The van der Waals surface area contributed by atoms with Crippen LogP contribution in [-0.4, -0.2) is 25.5 Å². The van der Waals surface area contributed by atoms with Gasteiger partial charge < -0.3 is 5.32 Å². The minimum absolute atomic E-state index is 0.0240. The van der Waals surface area contributed by atoms with Gasteiger partial charge in [0.25, 0.3) is 5.78 Å². The maximum Gasteiger partial charge on any atom is 0.252 e. The molecule has 0 aliphatic carbocycles. The van der Waals surface area contributed by atoms with Gasteiger partial charge in [0.05, 0.1) is 6.04 Å². The van der Waals surface area contributed by atoms with E-state index in [-0.39, 0.29) is 11.9 Å². The van der Waals surface area contributed by atoms with E-state index in [1.54, 1.807) is 15.9 Å². The molecule has 1 aromatic carbocycles. The Labute approximate surface area is 192 Å². The largest absolute Gasteiger partial charge is 0.344 e. The quantitative estimate of drug-likeness (QED) is 0.393. The average Bonchev–Trinajstić information content (AvgIpc) is 3.48. The fourth-order valence-corrected chi connectivity index (χ4v) is 4.82. The van der Waals surface area contributed by atoms with E-state index in [4.69, 9.17) is 0 Å². The summed E-state index contributed by atoms with van der Waals surface area (Å²) in [5.74, 6) is 0.615. The van der Waals surface area contributed by atoms with Gasteiger partial charge in [-0.25, -0.2) is 9.50 Å². The second-order valence-corrected chi connectivity index (χ2v) is 9.07. The molecule has 0 spiro atoms. The molecular weight excluding hydrogens is 418 g/mol. The zero-order valence-electron chi connectivity index (χ0n) is 18.8. The molecule has 1 atom stereocenters. The number of aromatic nitrogens is 4. The third-order valence-corrected chi connectivity index (χ3v) is 6.79. The number of benzene rings is 1. The molecule has 1 N–H and O–H groups in total. The smallest absolute Gasteiger partial charge is 0.252 e. The second kappa shape index (κ2) is 10.0. The summed E-state index contributed by atoms with van der Waals surface area (Å²) in [5.41, 5.74) is 5.38. The Morgan fingerprint density at radius 1 is 1.16 bits per heavy atom. The number of aryl methyl sites for hydroxylation is 3. The number of unbranched alkanes of at least 4 members (excludes halogenated alkanes) is 1. The van der Waals surface area contributed by atoms with Crippen molar-refractivity contribution in [1.29, 1.82) is 0 Å². The summed E-state index contributed by atoms with van der Waals surface area (Å²) in [6.45, 7) is 6.17. The number of carbonyl (C=O) groups is 1. The number of rotatable bonds is 9. The zero-order chi connectivity index (χ0) is 22.5. The van der Waals surface area contributed by atoms with Gasteiger partial charge in [-0.05, 0) is 61.2 Å². The standard InChI is InChI=1S/C25H29N5OS/c1-4-5-7-19-9-11-20(12-10-19)24(22-8-6-15-32-22)29-23(31)14-13-21-17(2)28-25-26-16-27-30(25)18(21)3/h6,8-12,15-16,24H,4-5,7,13-14H2,1-3H3,(H,29,31). The summed E-state index contributed by atoms with van der Waals surface area (Å²) < 4.78 is 1.73. The van der Waals surface area contributed by atoms with Gasteiger partial charge in [0.2, 0.25) is 5.91 Å². The Bertz CT molecular complexity index is 1180. The number of amides is 1. The SMILES string of the molecule is CCCCc1ccc(C(NC(=O)CCc2c(C)nc3ncnn3c2C)c2cccs2)cc1. The van der Waals surface area contributed by atoms with E-state index >= 15 is 0 Å². The Balaban J connectivity index is 1.48. The monoisotopic (exact) mass is 447 g/mol. The summed E-state index contributed by atoms with van der Waals surface area (Å²) in [6, 6.07) is 12.6. The van der Waals surface area contributed by atoms with Gasteiger partial charge in [0.1, 0.15) is 6.33 Å². The van der Waals surface area contributed by atoms with Crippen molar-refractivity contribution in [3.05, 3.63) is 81.1 Å². The molecule has 6 nitrogen and oxygen atoms in total. The van der Waals surface area contributed by atoms with E-state index in [0.717, 1.165) is 33.8 Å². The van der Waals surface area contributed by atoms with Gasteiger partial charge in [-0.2, -0.15) is 10.1 Å². The summed E-state index contributed by atoms with van der Waals surface area (Å²) >= 11 is 1.66. The lowest BCUT2D eigenvalue weighted by Crippen LogP contribution is -2.29. The Morgan fingerprint density at radius 3 is 2.69 bits per heavy atom. The molecule has 0 aliphatic heterocycles. The van der Waals surface area contributed by atoms with Crippen LogP contribution in [0.25, 0.3) is 5.78 Å². The first-order valence-corrected chi connectivity index (χ1v) is 12.0. The molecule has 0 bridgehead atoms. The number of carbonyl (C=O) groups excluding carboxylic acids is 1. The normalized spacial score (nSPS) is 12.2. The molecular formula is C25H29N5OS. The average molecular weight is 448 g/mol. The minimum Gasteiger partial charge on any atom is -0.344 e. The van der Waals surface area contributed by atoms with E-state index in [1.807, 2.05) is 19.9 Å². The minimum atomic E-state index is -0.138. The highest BCUT2D eigenvalue weighted by atomic mass is 32.1. The second-order valence-electron chi connectivity index (χ2n) is 8.09. The van der Waals surface area contributed by atoms with Crippen molar-refractivity contribution in [3.8, 4) is 0 Å². The van der Waals surface area contributed by atoms with Crippen LogP contribution in [0.1, 0.15) is 65.2 Å². The molecule has 0 fully saturated rings. The maximum atomic E-state index is 13.0. The Hall–Kier alpha value is -3.06. The van der Waals surface area contributed by atoms with Crippen molar-refractivity contribution >= 4 is 23.0 Å². The molecule has 0 saturated carbocycles. The van der Waals surface area contributed by atoms with Crippen molar-refractivity contribution in [2.45, 2.75) is 58.9 Å². The van der Waals surface area contributed by atoms with Crippen LogP contribution in [0.2, 0.25) is 0 Å². The fraction of sp³-hybridized carbons (Fsp3) is 0.360. The summed E-state index contributed by atoms with van der Waals surface area (Å²) in [4.78, 5) is 22.8. The number of thiophene rings is 1. The molecule has 0 radical (unpaired) electrons. The van der Waals surface area contributed by atoms with Gasteiger partial charge in [-0.3, -0.25) is 4.79 Å². The number of hydrogen-bond acceptors (Lipinski definition) is 5.